The third kappa shape index (κ3) is 6.46. The molecule has 1 aromatic heterocycles. The molecule has 34 heavy (non-hydrogen) atoms. The van der Waals surface area contributed by atoms with Crippen molar-refractivity contribution in [3.05, 3.63) is 64.9 Å². The van der Waals surface area contributed by atoms with Crippen LogP contribution in [-0.2, 0) is 16.1 Å². The van der Waals surface area contributed by atoms with Gasteiger partial charge in [0.15, 0.2) is 0 Å². The topological polar surface area (TPSA) is 105 Å². The summed E-state index contributed by atoms with van der Waals surface area (Å²) < 4.78 is 10.9. The van der Waals surface area contributed by atoms with E-state index in [0.29, 0.717) is 17.9 Å². The Morgan fingerprint density at radius 2 is 1.97 bits per heavy atom. The Labute approximate surface area is 200 Å². The number of nitrogens with zero attached hydrogens (tertiary/aromatic N) is 2. The van der Waals surface area contributed by atoms with Crippen molar-refractivity contribution in [3.8, 4) is 0 Å². The van der Waals surface area contributed by atoms with Crippen LogP contribution in [0, 0.1) is 12.0 Å². The zero-order chi connectivity index (χ0) is 24.9. The number of carboxylic acid groups (broad SMARTS) is 1. The Hall–Kier alpha value is -3.15. The molecule has 1 aliphatic heterocycles. The maximum Gasteiger partial charge on any atom is 0.371 e. The number of aliphatic hydroxyl groups excluding tert-OH is 1. The first-order valence-electron chi connectivity index (χ1n) is 11.5. The van der Waals surface area contributed by atoms with Crippen LogP contribution in [0.3, 0.4) is 0 Å². The summed E-state index contributed by atoms with van der Waals surface area (Å²) in [4.78, 5) is 28.9. The van der Waals surface area contributed by atoms with Gasteiger partial charge in [0.2, 0.25) is 11.7 Å². The summed E-state index contributed by atoms with van der Waals surface area (Å²) in [6.45, 7) is 14.2. The number of anilines is 1. The Bertz CT molecular complexity index is 1030. The Balaban J connectivity index is 1.64. The van der Waals surface area contributed by atoms with Gasteiger partial charge in [0.05, 0.1) is 12.7 Å². The number of aromatic carboxylic acids is 1. The normalized spacial score (nSPS) is 19.3. The summed E-state index contributed by atoms with van der Waals surface area (Å²) in [5, 5.41) is 19.5. The number of hydrogen-bond donors (Lipinski definition) is 2. The maximum atomic E-state index is 12.7. The van der Waals surface area contributed by atoms with Gasteiger partial charge >= 0.3 is 5.97 Å². The molecule has 1 fully saturated rings. The molecule has 0 radical (unpaired) electrons. The summed E-state index contributed by atoms with van der Waals surface area (Å²) in [7, 11) is 0. The molecule has 2 N–H and O–H groups in total. The van der Waals surface area contributed by atoms with Crippen molar-refractivity contribution in [2.75, 3.05) is 11.5 Å². The van der Waals surface area contributed by atoms with Crippen molar-refractivity contribution in [3.63, 3.8) is 0 Å². The predicted molar refractivity (Wildman–Crippen MR) is 126 cm³/mol. The first kappa shape index (κ1) is 25.5. The number of aliphatic hydroxyl groups is 1. The molecule has 1 amide bonds. The van der Waals surface area contributed by atoms with Crippen LogP contribution in [0.25, 0.3) is 4.85 Å². The molecule has 3 unspecified atom stereocenters. The van der Waals surface area contributed by atoms with Crippen LogP contribution >= 0.6 is 0 Å². The molecule has 1 saturated heterocycles. The summed E-state index contributed by atoms with van der Waals surface area (Å²) in [5.41, 5.74) is 1.68. The molecule has 3 atom stereocenters. The Kier molecular flexibility index (Phi) is 8.13. The largest absolute Gasteiger partial charge is 0.475 e. The van der Waals surface area contributed by atoms with Gasteiger partial charge in [-0.2, -0.15) is 0 Å². The van der Waals surface area contributed by atoms with Crippen LogP contribution in [0.2, 0.25) is 0 Å². The highest BCUT2D eigenvalue weighted by atomic mass is 16.5. The van der Waals surface area contributed by atoms with E-state index in [1.54, 1.807) is 17.0 Å². The first-order chi connectivity index (χ1) is 16.1. The lowest BCUT2D eigenvalue weighted by Gasteiger charge is -2.24. The lowest BCUT2D eigenvalue weighted by Crippen LogP contribution is -2.39. The Morgan fingerprint density at radius 1 is 1.26 bits per heavy atom. The molecule has 0 aliphatic carbocycles. The van der Waals surface area contributed by atoms with E-state index in [4.69, 9.17) is 20.8 Å². The quantitative estimate of drug-likeness (QED) is 0.484. The van der Waals surface area contributed by atoms with Gasteiger partial charge in [-0.05, 0) is 48.1 Å². The van der Waals surface area contributed by atoms with Crippen molar-refractivity contribution in [2.24, 2.45) is 5.41 Å². The number of carbonyl (C=O) groups is 2. The van der Waals surface area contributed by atoms with Crippen molar-refractivity contribution < 1.29 is 29.0 Å². The van der Waals surface area contributed by atoms with Gasteiger partial charge in [0, 0.05) is 5.69 Å². The molecular weight excluding hydrogens is 436 g/mol. The van der Waals surface area contributed by atoms with Crippen molar-refractivity contribution in [2.45, 2.75) is 71.2 Å². The fourth-order valence-corrected chi connectivity index (χ4v) is 4.12. The molecule has 2 aromatic rings. The fourth-order valence-electron chi connectivity index (χ4n) is 4.12. The molecule has 2 heterocycles. The van der Waals surface area contributed by atoms with E-state index in [2.05, 4.69) is 25.6 Å². The van der Waals surface area contributed by atoms with E-state index in [1.807, 2.05) is 12.1 Å². The van der Waals surface area contributed by atoms with Gasteiger partial charge in [-0.25, -0.2) is 11.4 Å². The standard InChI is InChI=1S/C26H32N2O6/c1-26(2,3)13-5-6-22(29)17-7-9-18(10-8-17)28-21(20(27-4)14-24(28)30)16-33-15-19-11-12-23(34-19)25(31)32/h7-12,20-22,29H,5-6,13-16H2,1-3H3,(H,31,32). The monoisotopic (exact) mass is 468 g/mol. The number of benzene rings is 1. The van der Waals surface area contributed by atoms with Gasteiger partial charge < -0.3 is 24.2 Å². The molecule has 0 bridgehead atoms. The minimum absolute atomic E-state index is 0.0379. The van der Waals surface area contributed by atoms with Gasteiger partial charge in [-0.1, -0.05) is 39.3 Å². The maximum absolute atomic E-state index is 12.7. The second-order valence-electron chi connectivity index (χ2n) is 9.88. The number of rotatable bonds is 10. The summed E-state index contributed by atoms with van der Waals surface area (Å²) in [5.74, 6) is -1.12. The summed E-state index contributed by atoms with van der Waals surface area (Å²) in [6, 6.07) is 9.11. The lowest BCUT2D eigenvalue weighted by molar-refractivity contribution is -0.117. The number of amides is 1. The number of carboxylic acids is 1. The third-order valence-corrected chi connectivity index (χ3v) is 5.96. The van der Waals surface area contributed by atoms with Gasteiger partial charge in [0.1, 0.15) is 24.8 Å². The number of furan rings is 1. The zero-order valence-electron chi connectivity index (χ0n) is 19.9. The van der Waals surface area contributed by atoms with E-state index in [9.17, 15) is 14.7 Å². The smallest absolute Gasteiger partial charge is 0.371 e. The highest BCUT2D eigenvalue weighted by Gasteiger charge is 2.45. The zero-order valence-corrected chi connectivity index (χ0v) is 19.9. The second kappa shape index (κ2) is 10.9. The van der Waals surface area contributed by atoms with Crippen LogP contribution in [0.5, 0.6) is 0 Å². The molecule has 182 valence electrons. The summed E-state index contributed by atoms with van der Waals surface area (Å²) in [6.07, 6.45) is 2.17. The highest BCUT2D eigenvalue weighted by molar-refractivity contribution is 5.97. The van der Waals surface area contributed by atoms with Crippen molar-refractivity contribution >= 4 is 17.6 Å². The molecule has 0 saturated carbocycles. The second-order valence-corrected chi connectivity index (χ2v) is 9.88. The summed E-state index contributed by atoms with van der Waals surface area (Å²) >= 11 is 0. The van der Waals surface area contributed by atoms with Crippen LogP contribution in [-0.4, -0.2) is 40.8 Å². The minimum atomic E-state index is -1.16. The molecular formula is C26H32N2O6. The van der Waals surface area contributed by atoms with E-state index in [1.165, 1.54) is 12.1 Å². The average Bonchev–Trinajstić information content (AvgIpc) is 3.37. The number of hydrogen-bond acceptors (Lipinski definition) is 5. The molecule has 1 aromatic carbocycles. The highest BCUT2D eigenvalue weighted by Crippen LogP contribution is 2.31. The van der Waals surface area contributed by atoms with Crippen LogP contribution in [0.1, 0.15) is 74.4 Å². The molecule has 8 nitrogen and oxygen atoms in total. The minimum Gasteiger partial charge on any atom is -0.475 e. The van der Waals surface area contributed by atoms with Gasteiger partial charge in [0.25, 0.3) is 6.04 Å². The average molecular weight is 469 g/mol. The van der Waals surface area contributed by atoms with E-state index < -0.39 is 24.2 Å². The van der Waals surface area contributed by atoms with E-state index in [-0.39, 0.29) is 36.7 Å². The Morgan fingerprint density at radius 3 is 2.56 bits per heavy atom. The number of carbonyl (C=O) groups excluding carboxylic acids is 1. The van der Waals surface area contributed by atoms with Crippen molar-refractivity contribution in [1.82, 2.24) is 0 Å². The molecule has 8 heteroatoms. The van der Waals surface area contributed by atoms with E-state index in [0.717, 1.165) is 18.4 Å². The SMILES string of the molecule is [C-]#[N+]C1CC(=O)N(c2ccc(C(O)CCCC(C)(C)C)cc2)C1COCc1ccc(C(=O)O)o1. The van der Waals surface area contributed by atoms with Gasteiger partial charge in [-0.15, -0.1) is 0 Å². The predicted octanol–water partition coefficient (Wildman–Crippen LogP) is 4.84. The van der Waals surface area contributed by atoms with Crippen LogP contribution in [0.15, 0.2) is 40.8 Å². The molecule has 1 aliphatic rings. The van der Waals surface area contributed by atoms with Crippen LogP contribution in [0.4, 0.5) is 5.69 Å². The molecule has 3 rings (SSSR count). The number of ether oxygens (including phenoxy) is 1. The van der Waals surface area contributed by atoms with Crippen molar-refractivity contribution in [1.29, 1.82) is 0 Å². The molecule has 0 spiro atoms. The fraction of sp³-hybridized carbons (Fsp3) is 0.500. The van der Waals surface area contributed by atoms with Crippen LogP contribution < -0.4 is 4.90 Å². The van der Waals surface area contributed by atoms with Gasteiger partial charge in [-0.3, -0.25) is 9.69 Å². The lowest BCUT2D eigenvalue weighted by atomic mass is 9.88. The van der Waals surface area contributed by atoms with E-state index >= 15 is 0 Å². The third-order valence-electron chi connectivity index (χ3n) is 5.96. The first-order valence-corrected chi connectivity index (χ1v) is 11.5.